The van der Waals surface area contributed by atoms with Crippen molar-refractivity contribution in [3.05, 3.63) is 48.3 Å². The van der Waals surface area contributed by atoms with E-state index >= 15 is 0 Å². The number of aromatic nitrogens is 2. The zero-order valence-corrected chi connectivity index (χ0v) is 12.0. The van der Waals surface area contributed by atoms with Crippen molar-refractivity contribution < 1.29 is 9.53 Å². The zero-order chi connectivity index (χ0) is 14.8. The molecule has 21 heavy (non-hydrogen) atoms. The maximum atomic E-state index is 11.2. The quantitative estimate of drug-likeness (QED) is 0.739. The fourth-order valence-electron chi connectivity index (χ4n) is 2.38. The Morgan fingerprint density at radius 3 is 2.90 bits per heavy atom. The number of fused-ring (bicyclic) bond motifs is 1. The third kappa shape index (κ3) is 2.65. The topological polar surface area (TPSA) is 55.0 Å². The minimum atomic E-state index is 0.0596. The first kappa shape index (κ1) is 13.4. The van der Waals surface area contributed by atoms with Crippen LogP contribution in [-0.4, -0.2) is 22.4 Å². The van der Waals surface area contributed by atoms with Gasteiger partial charge in [-0.3, -0.25) is 4.79 Å². The molecule has 0 saturated heterocycles. The lowest BCUT2D eigenvalue weighted by Gasteiger charge is -2.12. The summed E-state index contributed by atoms with van der Waals surface area (Å²) in [5.41, 5.74) is 3.38. The van der Waals surface area contributed by atoms with Gasteiger partial charge in [-0.2, -0.15) is 0 Å². The second kappa shape index (κ2) is 5.40. The Morgan fingerprint density at radius 2 is 2.14 bits per heavy atom. The molecule has 4 heteroatoms. The van der Waals surface area contributed by atoms with Gasteiger partial charge in [0.2, 0.25) is 0 Å². The van der Waals surface area contributed by atoms with E-state index in [9.17, 15) is 4.79 Å². The van der Waals surface area contributed by atoms with Crippen LogP contribution in [0.25, 0.3) is 22.2 Å². The molecule has 0 aliphatic rings. The highest BCUT2D eigenvalue weighted by Crippen LogP contribution is 2.31. The highest BCUT2D eigenvalue weighted by molar-refractivity contribution is 5.94. The van der Waals surface area contributed by atoms with Gasteiger partial charge < -0.3 is 9.72 Å². The number of carbonyl (C=O) groups is 1. The molecule has 0 radical (unpaired) electrons. The Bertz CT molecular complexity index is 790. The van der Waals surface area contributed by atoms with Gasteiger partial charge in [0.15, 0.2) is 0 Å². The predicted molar refractivity (Wildman–Crippen MR) is 82.7 cm³/mol. The number of hydrogen-bond acceptors (Lipinski definition) is 3. The van der Waals surface area contributed by atoms with Crippen LogP contribution in [0.4, 0.5) is 0 Å². The molecule has 2 aromatic heterocycles. The Hall–Kier alpha value is -2.62. The van der Waals surface area contributed by atoms with Crippen LogP contribution in [0.3, 0.4) is 0 Å². The maximum Gasteiger partial charge on any atom is 0.150 e. The van der Waals surface area contributed by atoms with Gasteiger partial charge in [0.25, 0.3) is 0 Å². The third-order valence-electron chi connectivity index (χ3n) is 3.20. The van der Waals surface area contributed by atoms with Crippen molar-refractivity contribution in [3.63, 3.8) is 0 Å². The monoisotopic (exact) mass is 280 g/mol. The summed E-state index contributed by atoms with van der Waals surface area (Å²) < 4.78 is 5.72. The van der Waals surface area contributed by atoms with Gasteiger partial charge in [0, 0.05) is 28.9 Å². The molecule has 1 aromatic carbocycles. The summed E-state index contributed by atoms with van der Waals surface area (Å²) in [6.07, 6.45) is 4.55. The molecule has 0 aliphatic carbocycles. The number of ether oxygens (including phenoxy) is 1. The lowest BCUT2D eigenvalue weighted by Crippen LogP contribution is -2.05. The zero-order valence-electron chi connectivity index (χ0n) is 12.0. The van der Waals surface area contributed by atoms with E-state index in [2.05, 4.69) is 9.97 Å². The van der Waals surface area contributed by atoms with E-state index in [-0.39, 0.29) is 6.10 Å². The third-order valence-corrected chi connectivity index (χ3v) is 3.20. The van der Waals surface area contributed by atoms with Crippen LogP contribution in [0.2, 0.25) is 0 Å². The molecule has 2 heterocycles. The summed E-state index contributed by atoms with van der Waals surface area (Å²) in [6, 6.07) is 9.46. The first-order valence-electron chi connectivity index (χ1n) is 6.87. The summed E-state index contributed by atoms with van der Waals surface area (Å²) in [7, 11) is 0. The molecular formula is C17H16N2O2. The molecule has 1 N–H and O–H groups in total. The standard InChI is InChI=1S/C17H16N2O2/c1-11(2)21-14-7-12(10-20)6-13(8-14)16-9-19-17-15(16)4-3-5-18-17/h3-11H,1-2H3,(H,18,19). The van der Waals surface area contributed by atoms with Crippen molar-refractivity contribution in [3.8, 4) is 16.9 Å². The van der Waals surface area contributed by atoms with Crippen LogP contribution >= 0.6 is 0 Å². The normalized spacial score (nSPS) is 11.0. The van der Waals surface area contributed by atoms with Crippen molar-refractivity contribution in [2.45, 2.75) is 20.0 Å². The lowest BCUT2D eigenvalue weighted by atomic mass is 10.0. The number of H-pyrrole nitrogens is 1. The van der Waals surface area contributed by atoms with Crippen molar-refractivity contribution in [2.24, 2.45) is 0 Å². The average Bonchev–Trinajstić information content (AvgIpc) is 2.90. The molecule has 0 bridgehead atoms. The molecular weight excluding hydrogens is 264 g/mol. The van der Waals surface area contributed by atoms with E-state index in [0.29, 0.717) is 11.3 Å². The number of aldehydes is 1. The SMILES string of the molecule is CC(C)Oc1cc(C=O)cc(-c2c[nH]c3ncccc23)c1. The van der Waals surface area contributed by atoms with Crippen molar-refractivity contribution in [1.29, 1.82) is 0 Å². The number of nitrogens with zero attached hydrogens (tertiary/aromatic N) is 1. The van der Waals surface area contributed by atoms with E-state index < -0.39 is 0 Å². The summed E-state index contributed by atoms with van der Waals surface area (Å²) in [5.74, 6) is 0.697. The van der Waals surface area contributed by atoms with Crippen LogP contribution in [0, 0.1) is 0 Å². The van der Waals surface area contributed by atoms with Crippen LogP contribution in [0.5, 0.6) is 5.75 Å². The van der Waals surface area contributed by atoms with Gasteiger partial charge in [-0.1, -0.05) is 0 Å². The lowest BCUT2D eigenvalue weighted by molar-refractivity contribution is 0.112. The first-order chi connectivity index (χ1) is 10.2. The summed E-state index contributed by atoms with van der Waals surface area (Å²) in [4.78, 5) is 18.6. The molecule has 4 nitrogen and oxygen atoms in total. The molecule has 3 aromatic rings. The number of pyridine rings is 1. The molecule has 0 saturated carbocycles. The molecule has 0 fully saturated rings. The number of carbonyl (C=O) groups excluding carboxylic acids is 1. The fraction of sp³-hybridized carbons (Fsp3) is 0.176. The van der Waals surface area contributed by atoms with Crippen molar-refractivity contribution in [2.75, 3.05) is 0 Å². The van der Waals surface area contributed by atoms with Gasteiger partial charge in [-0.25, -0.2) is 4.98 Å². The highest BCUT2D eigenvalue weighted by Gasteiger charge is 2.10. The maximum absolute atomic E-state index is 11.2. The van der Waals surface area contributed by atoms with E-state index in [1.807, 2.05) is 44.3 Å². The van der Waals surface area contributed by atoms with Gasteiger partial charge in [0.05, 0.1) is 6.10 Å². The molecule has 0 aliphatic heterocycles. The van der Waals surface area contributed by atoms with E-state index in [1.54, 1.807) is 12.3 Å². The molecule has 0 atom stereocenters. The number of nitrogens with one attached hydrogen (secondary N) is 1. The highest BCUT2D eigenvalue weighted by atomic mass is 16.5. The van der Waals surface area contributed by atoms with Gasteiger partial charge >= 0.3 is 0 Å². The number of benzene rings is 1. The molecule has 106 valence electrons. The number of aromatic amines is 1. The van der Waals surface area contributed by atoms with Crippen molar-refractivity contribution >= 4 is 17.3 Å². The smallest absolute Gasteiger partial charge is 0.150 e. The summed E-state index contributed by atoms with van der Waals surface area (Å²) in [6.45, 7) is 3.92. The summed E-state index contributed by atoms with van der Waals surface area (Å²) in [5, 5.41) is 1.02. The largest absolute Gasteiger partial charge is 0.491 e. The van der Waals surface area contributed by atoms with E-state index in [4.69, 9.17) is 4.74 Å². The van der Waals surface area contributed by atoms with Gasteiger partial charge in [0.1, 0.15) is 17.7 Å². The molecule has 3 rings (SSSR count). The van der Waals surface area contributed by atoms with Crippen LogP contribution in [0.1, 0.15) is 24.2 Å². The number of hydrogen-bond donors (Lipinski definition) is 1. The number of rotatable bonds is 4. The minimum absolute atomic E-state index is 0.0596. The van der Waals surface area contributed by atoms with Crippen LogP contribution < -0.4 is 4.74 Å². The summed E-state index contributed by atoms with van der Waals surface area (Å²) >= 11 is 0. The van der Waals surface area contributed by atoms with E-state index in [1.165, 1.54) is 0 Å². The minimum Gasteiger partial charge on any atom is -0.491 e. The molecule has 0 unspecified atom stereocenters. The average molecular weight is 280 g/mol. The Balaban J connectivity index is 2.14. The molecule has 0 amide bonds. The second-order valence-corrected chi connectivity index (χ2v) is 5.18. The van der Waals surface area contributed by atoms with Gasteiger partial charge in [-0.05, 0) is 49.7 Å². The van der Waals surface area contributed by atoms with Crippen LogP contribution in [-0.2, 0) is 0 Å². The Kier molecular flexibility index (Phi) is 3.44. The van der Waals surface area contributed by atoms with Crippen LogP contribution in [0.15, 0.2) is 42.7 Å². The Morgan fingerprint density at radius 1 is 1.29 bits per heavy atom. The first-order valence-corrected chi connectivity index (χ1v) is 6.87. The van der Waals surface area contributed by atoms with E-state index in [0.717, 1.165) is 28.4 Å². The fourth-order valence-corrected chi connectivity index (χ4v) is 2.38. The van der Waals surface area contributed by atoms with Gasteiger partial charge in [-0.15, -0.1) is 0 Å². The Labute approximate surface area is 122 Å². The second-order valence-electron chi connectivity index (χ2n) is 5.18. The molecule has 0 spiro atoms. The van der Waals surface area contributed by atoms with Crippen molar-refractivity contribution in [1.82, 2.24) is 9.97 Å². The predicted octanol–water partition coefficient (Wildman–Crippen LogP) is 3.83.